The smallest absolute Gasteiger partial charge is 0.387 e. The van der Waals surface area contributed by atoms with Gasteiger partial charge in [-0.05, 0) is 24.6 Å². The van der Waals surface area contributed by atoms with E-state index in [1.165, 1.54) is 12.1 Å². The molecule has 1 atom stereocenters. The molecule has 18 heavy (non-hydrogen) atoms. The van der Waals surface area contributed by atoms with Crippen LogP contribution in [0.2, 0.25) is 0 Å². The van der Waals surface area contributed by atoms with Crippen LogP contribution in [0.15, 0.2) is 24.3 Å². The number of hydrogen-bond donors (Lipinski definition) is 2. The van der Waals surface area contributed by atoms with Crippen molar-refractivity contribution in [3.63, 3.8) is 0 Å². The molecule has 1 amide bonds. The first-order chi connectivity index (χ1) is 8.52. The molecule has 0 aliphatic heterocycles. The van der Waals surface area contributed by atoms with Gasteiger partial charge in [-0.15, -0.1) is 0 Å². The second-order valence-electron chi connectivity index (χ2n) is 3.72. The van der Waals surface area contributed by atoms with E-state index in [0.29, 0.717) is 0 Å². The average Bonchev–Trinajstić information content (AvgIpc) is 2.35. The Hall–Kier alpha value is -1.69. The summed E-state index contributed by atoms with van der Waals surface area (Å²) in [5.74, 6) is 0.00625. The van der Waals surface area contributed by atoms with E-state index in [0.717, 1.165) is 5.56 Å². The molecule has 0 saturated carbocycles. The number of rotatable bonds is 6. The molecule has 0 aliphatic rings. The monoisotopic (exact) mass is 258 g/mol. The topological polar surface area (TPSA) is 50.4 Å². The first-order valence-corrected chi connectivity index (χ1v) is 5.51. The van der Waals surface area contributed by atoms with Gasteiger partial charge in [-0.25, -0.2) is 0 Å². The molecule has 1 rings (SSSR count). The van der Waals surface area contributed by atoms with Crippen LogP contribution in [0.4, 0.5) is 8.78 Å². The first-order valence-electron chi connectivity index (χ1n) is 5.51. The Labute approximate surface area is 104 Å². The number of ether oxygens (including phenoxy) is 1. The third-order valence-electron chi connectivity index (χ3n) is 2.45. The molecule has 2 N–H and O–H groups in total. The third kappa shape index (κ3) is 4.67. The fourth-order valence-corrected chi connectivity index (χ4v) is 1.39. The van der Waals surface area contributed by atoms with Gasteiger partial charge in [-0.3, -0.25) is 4.79 Å². The molecule has 4 nitrogen and oxygen atoms in total. The minimum absolute atomic E-state index is 0.0529. The van der Waals surface area contributed by atoms with Crippen molar-refractivity contribution in [2.75, 3.05) is 13.6 Å². The van der Waals surface area contributed by atoms with Gasteiger partial charge in [0.15, 0.2) is 0 Å². The Morgan fingerprint density at radius 1 is 1.33 bits per heavy atom. The van der Waals surface area contributed by atoms with Gasteiger partial charge in [-0.2, -0.15) is 8.78 Å². The average molecular weight is 258 g/mol. The number of halogens is 2. The number of likely N-dealkylation sites (N-methyl/N-ethyl adjacent to an activating group) is 1. The lowest BCUT2D eigenvalue weighted by molar-refractivity contribution is -0.119. The van der Waals surface area contributed by atoms with Gasteiger partial charge in [0.25, 0.3) is 0 Å². The van der Waals surface area contributed by atoms with Crippen LogP contribution in [0.1, 0.15) is 18.5 Å². The predicted octanol–water partition coefficient (Wildman–Crippen LogP) is 1.68. The number of hydrogen-bond acceptors (Lipinski definition) is 3. The molecule has 1 unspecified atom stereocenters. The van der Waals surface area contributed by atoms with Crippen LogP contribution in [0, 0.1) is 0 Å². The van der Waals surface area contributed by atoms with Crippen molar-refractivity contribution in [3.8, 4) is 5.75 Å². The SMILES string of the molecule is CNC(=O)CNC(C)c1ccc(OC(F)F)cc1. The van der Waals surface area contributed by atoms with Gasteiger partial charge in [0, 0.05) is 13.1 Å². The minimum atomic E-state index is -2.82. The number of nitrogens with one attached hydrogen (secondary N) is 2. The van der Waals surface area contributed by atoms with E-state index in [1.54, 1.807) is 19.2 Å². The molecule has 1 aromatic carbocycles. The molecular weight excluding hydrogens is 242 g/mol. The molecule has 6 heteroatoms. The highest BCUT2D eigenvalue weighted by Gasteiger charge is 2.08. The minimum Gasteiger partial charge on any atom is -0.435 e. The van der Waals surface area contributed by atoms with Gasteiger partial charge in [0.2, 0.25) is 5.91 Å². The summed E-state index contributed by atoms with van der Waals surface area (Å²) in [5, 5.41) is 5.51. The fraction of sp³-hybridized carbons (Fsp3) is 0.417. The summed E-state index contributed by atoms with van der Waals surface area (Å²) in [6, 6.07) is 6.25. The van der Waals surface area contributed by atoms with Crippen molar-refractivity contribution in [2.24, 2.45) is 0 Å². The van der Waals surface area contributed by atoms with E-state index in [-0.39, 0.29) is 24.2 Å². The van der Waals surface area contributed by atoms with Crippen molar-refractivity contribution in [3.05, 3.63) is 29.8 Å². The molecule has 0 aromatic heterocycles. The lowest BCUT2D eigenvalue weighted by Gasteiger charge is -2.14. The number of alkyl halides is 2. The Morgan fingerprint density at radius 3 is 2.44 bits per heavy atom. The number of benzene rings is 1. The molecular formula is C12H16F2N2O2. The second kappa shape index (κ2) is 6.90. The standard InChI is InChI=1S/C12H16F2N2O2/c1-8(16-7-11(17)15-2)9-3-5-10(6-4-9)18-12(13)14/h3-6,8,12,16H,7H2,1-2H3,(H,15,17). The molecule has 0 aliphatic carbocycles. The van der Waals surface area contributed by atoms with Crippen LogP contribution in [0.5, 0.6) is 5.75 Å². The predicted molar refractivity (Wildman–Crippen MR) is 63.6 cm³/mol. The third-order valence-corrected chi connectivity index (χ3v) is 2.45. The van der Waals surface area contributed by atoms with E-state index in [4.69, 9.17) is 0 Å². The van der Waals surface area contributed by atoms with E-state index >= 15 is 0 Å². The van der Waals surface area contributed by atoms with Crippen molar-refractivity contribution >= 4 is 5.91 Å². The van der Waals surface area contributed by atoms with Crippen LogP contribution in [-0.2, 0) is 4.79 Å². The molecule has 0 radical (unpaired) electrons. The Balaban J connectivity index is 2.53. The quantitative estimate of drug-likeness (QED) is 0.816. The van der Waals surface area contributed by atoms with Crippen molar-refractivity contribution in [1.82, 2.24) is 10.6 Å². The molecule has 0 heterocycles. The van der Waals surface area contributed by atoms with E-state index in [1.807, 2.05) is 6.92 Å². The summed E-state index contributed by atoms with van der Waals surface area (Å²) < 4.78 is 28.1. The fourth-order valence-electron chi connectivity index (χ4n) is 1.39. The maximum absolute atomic E-state index is 11.9. The summed E-state index contributed by atoms with van der Waals surface area (Å²) >= 11 is 0. The normalized spacial score (nSPS) is 12.3. The Kier molecular flexibility index (Phi) is 5.51. The lowest BCUT2D eigenvalue weighted by atomic mass is 10.1. The Bertz CT molecular complexity index is 382. The zero-order valence-electron chi connectivity index (χ0n) is 10.2. The van der Waals surface area contributed by atoms with Gasteiger partial charge >= 0.3 is 6.61 Å². The molecule has 0 bridgehead atoms. The molecule has 0 fully saturated rings. The lowest BCUT2D eigenvalue weighted by Crippen LogP contribution is -2.32. The zero-order valence-corrected chi connectivity index (χ0v) is 10.2. The van der Waals surface area contributed by atoms with Gasteiger partial charge in [-0.1, -0.05) is 12.1 Å². The van der Waals surface area contributed by atoms with E-state index in [9.17, 15) is 13.6 Å². The highest BCUT2D eigenvalue weighted by atomic mass is 19.3. The van der Waals surface area contributed by atoms with Crippen molar-refractivity contribution in [2.45, 2.75) is 19.6 Å². The van der Waals surface area contributed by atoms with Crippen LogP contribution in [0.3, 0.4) is 0 Å². The Morgan fingerprint density at radius 2 is 1.94 bits per heavy atom. The molecule has 100 valence electrons. The van der Waals surface area contributed by atoms with Crippen molar-refractivity contribution < 1.29 is 18.3 Å². The summed E-state index contributed by atoms with van der Waals surface area (Å²) in [5.41, 5.74) is 0.889. The molecule has 0 spiro atoms. The zero-order chi connectivity index (χ0) is 13.5. The summed E-state index contributed by atoms with van der Waals surface area (Å²) in [6.45, 7) is -0.738. The second-order valence-corrected chi connectivity index (χ2v) is 3.72. The van der Waals surface area contributed by atoms with E-state index in [2.05, 4.69) is 15.4 Å². The van der Waals surface area contributed by atoms with E-state index < -0.39 is 6.61 Å². The molecule has 1 aromatic rings. The highest BCUT2D eigenvalue weighted by molar-refractivity contribution is 5.77. The van der Waals surface area contributed by atoms with Crippen LogP contribution in [0.25, 0.3) is 0 Å². The largest absolute Gasteiger partial charge is 0.435 e. The maximum Gasteiger partial charge on any atom is 0.387 e. The van der Waals surface area contributed by atoms with Crippen LogP contribution < -0.4 is 15.4 Å². The van der Waals surface area contributed by atoms with Gasteiger partial charge < -0.3 is 15.4 Å². The number of carbonyl (C=O) groups excluding carboxylic acids is 1. The highest BCUT2D eigenvalue weighted by Crippen LogP contribution is 2.18. The number of carbonyl (C=O) groups is 1. The van der Waals surface area contributed by atoms with Crippen LogP contribution in [-0.4, -0.2) is 26.1 Å². The molecule has 0 saturated heterocycles. The van der Waals surface area contributed by atoms with Gasteiger partial charge in [0.05, 0.1) is 6.54 Å². The maximum atomic E-state index is 11.9. The number of amides is 1. The van der Waals surface area contributed by atoms with Crippen molar-refractivity contribution in [1.29, 1.82) is 0 Å². The van der Waals surface area contributed by atoms with Crippen LogP contribution >= 0.6 is 0 Å². The summed E-state index contributed by atoms with van der Waals surface area (Å²) in [7, 11) is 1.56. The van der Waals surface area contributed by atoms with Gasteiger partial charge in [0.1, 0.15) is 5.75 Å². The summed E-state index contributed by atoms with van der Waals surface area (Å²) in [6.07, 6.45) is 0. The summed E-state index contributed by atoms with van der Waals surface area (Å²) in [4.78, 5) is 11.0. The first kappa shape index (κ1) is 14.4.